The van der Waals surface area contributed by atoms with E-state index in [1.165, 1.54) is 0 Å². The molecule has 11 nitrogen and oxygen atoms in total. The smallest absolute Gasteiger partial charge is 0.410 e. The molecule has 12 heteroatoms. The number of hydrogen-bond donors (Lipinski definition) is 1. The Kier molecular flexibility index (Phi) is 9.81. The molecule has 1 aliphatic carbocycles. The second-order valence-electron chi connectivity index (χ2n) is 14.7. The first-order valence-corrected chi connectivity index (χ1v) is 17.3. The molecular weight excluding hydrogens is 618 g/mol. The van der Waals surface area contributed by atoms with Crippen LogP contribution in [0.5, 0.6) is 5.75 Å². The number of carbonyl (C=O) groups excluding carboxylic acids is 2. The number of nitriles is 1. The summed E-state index contributed by atoms with van der Waals surface area (Å²) >= 11 is 6.13. The molecular formula is C35H46ClN7O4. The summed E-state index contributed by atoms with van der Waals surface area (Å²) in [5, 5.41) is 12.6. The zero-order chi connectivity index (χ0) is 33.2. The minimum Gasteiger partial charge on any atom is -0.490 e. The van der Waals surface area contributed by atoms with Crippen molar-refractivity contribution in [2.45, 2.75) is 95.9 Å². The van der Waals surface area contributed by atoms with Crippen LogP contribution in [-0.2, 0) is 4.74 Å². The first-order valence-electron chi connectivity index (χ1n) is 17.0. The number of ether oxygens (including phenoxy) is 2. The number of anilines is 1. The van der Waals surface area contributed by atoms with Crippen molar-refractivity contribution in [3.63, 3.8) is 0 Å². The molecule has 4 aliphatic rings. The van der Waals surface area contributed by atoms with Crippen molar-refractivity contribution in [2.24, 2.45) is 5.41 Å². The highest BCUT2D eigenvalue weighted by molar-refractivity contribution is 6.31. The summed E-state index contributed by atoms with van der Waals surface area (Å²) in [6.45, 7) is 11.4. The number of nitrogens with one attached hydrogen (secondary N) is 1. The number of benzene rings is 1. The molecule has 2 amide bonds. The van der Waals surface area contributed by atoms with Gasteiger partial charge in [0.05, 0.1) is 29.1 Å². The van der Waals surface area contributed by atoms with Gasteiger partial charge in [-0.1, -0.05) is 11.6 Å². The maximum Gasteiger partial charge on any atom is 0.410 e. The van der Waals surface area contributed by atoms with E-state index in [1.807, 2.05) is 25.7 Å². The largest absolute Gasteiger partial charge is 0.490 e. The molecule has 3 aliphatic heterocycles. The lowest BCUT2D eigenvalue weighted by molar-refractivity contribution is -0.0649. The molecule has 0 bridgehead atoms. The quantitative estimate of drug-likeness (QED) is 0.431. The van der Waals surface area contributed by atoms with Crippen molar-refractivity contribution in [3.8, 4) is 11.8 Å². The molecule has 1 saturated carbocycles. The Bertz CT molecular complexity index is 1460. The lowest BCUT2D eigenvalue weighted by Gasteiger charge is -2.55. The fourth-order valence-electron chi connectivity index (χ4n) is 7.40. The predicted octanol–water partition coefficient (Wildman–Crippen LogP) is 5.42. The third-order valence-corrected chi connectivity index (χ3v) is 10.4. The third-order valence-electron chi connectivity index (χ3n) is 10.1. The maximum absolute atomic E-state index is 12.9. The van der Waals surface area contributed by atoms with Gasteiger partial charge >= 0.3 is 6.09 Å². The van der Waals surface area contributed by atoms with E-state index in [0.29, 0.717) is 28.1 Å². The molecule has 2 aromatic rings. The van der Waals surface area contributed by atoms with E-state index in [1.54, 1.807) is 30.6 Å². The van der Waals surface area contributed by atoms with Gasteiger partial charge in [0.1, 0.15) is 28.9 Å². The molecule has 4 heterocycles. The first-order chi connectivity index (χ1) is 22.5. The summed E-state index contributed by atoms with van der Waals surface area (Å²) in [5.41, 5.74) is 0.563. The number of piperidine rings is 2. The molecule has 1 spiro atoms. The summed E-state index contributed by atoms with van der Waals surface area (Å²) in [4.78, 5) is 41.2. The van der Waals surface area contributed by atoms with E-state index in [4.69, 9.17) is 26.3 Å². The fourth-order valence-corrected chi connectivity index (χ4v) is 7.61. The molecule has 252 valence electrons. The molecule has 4 fully saturated rings. The van der Waals surface area contributed by atoms with Gasteiger partial charge in [0.15, 0.2) is 0 Å². The van der Waals surface area contributed by atoms with Gasteiger partial charge in [0.2, 0.25) is 0 Å². The number of likely N-dealkylation sites (tertiary alicyclic amines) is 2. The van der Waals surface area contributed by atoms with E-state index in [-0.39, 0.29) is 29.6 Å². The highest BCUT2D eigenvalue weighted by atomic mass is 35.5. The molecule has 3 saturated heterocycles. The van der Waals surface area contributed by atoms with Crippen LogP contribution in [0.1, 0.15) is 88.2 Å². The molecule has 1 aromatic carbocycles. The summed E-state index contributed by atoms with van der Waals surface area (Å²) < 4.78 is 11.6. The Morgan fingerprint density at radius 2 is 1.70 bits per heavy atom. The molecule has 0 radical (unpaired) electrons. The molecule has 0 atom stereocenters. The first kappa shape index (κ1) is 33.3. The van der Waals surface area contributed by atoms with Gasteiger partial charge in [0.25, 0.3) is 5.91 Å². The fraction of sp³-hybridized carbons (Fsp3) is 0.629. The summed E-state index contributed by atoms with van der Waals surface area (Å²) in [6, 6.07) is 7.80. The number of nitrogens with zero attached hydrogens (tertiary/aromatic N) is 6. The monoisotopic (exact) mass is 663 g/mol. The Balaban J connectivity index is 0.895. The molecule has 0 unspecified atom stereocenters. The van der Waals surface area contributed by atoms with Crippen molar-refractivity contribution in [1.29, 1.82) is 5.26 Å². The van der Waals surface area contributed by atoms with Gasteiger partial charge in [-0.25, -0.2) is 14.8 Å². The van der Waals surface area contributed by atoms with Crippen molar-refractivity contribution in [1.82, 2.24) is 25.1 Å². The number of rotatable bonds is 6. The summed E-state index contributed by atoms with van der Waals surface area (Å²) in [6.07, 6.45) is 10.8. The predicted molar refractivity (Wildman–Crippen MR) is 179 cm³/mol. The Hall–Kier alpha value is -3.62. The number of halogens is 1. The average molecular weight is 664 g/mol. The van der Waals surface area contributed by atoms with E-state index < -0.39 is 5.60 Å². The second kappa shape index (κ2) is 13.9. The van der Waals surface area contributed by atoms with Crippen LogP contribution in [0.2, 0.25) is 5.02 Å². The topological polar surface area (TPSA) is 124 Å². The number of carbonyl (C=O) groups is 2. The highest BCUT2D eigenvalue weighted by Crippen LogP contribution is 2.42. The van der Waals surface area contributed by atoms with Gasteiger partial charge in [-0.15, -0.1) is 0 Å². The zero-order valence-electron chi connectivity index (χ0n) is 27.7. The minimum absolute atomic E-state index is 0.0430. The Morgan fingerprint density at radius 3 is 2.30 bits per heavy atom. The number of amides is 2. The van der Waals surface area contributed by atoms with Gasteiger partial charge < -0.3 is 29.5 Å². The van der Waals surface area contributed by atoms with Crippen LogP contribution in [-0.4, -0.2) is 94.8 Å². The van der Waals surface area contributed by atoms with Crippen LogP contribution in [0.25, 0.3) is 0 Å². The van der Waals surface area contributed by atoms with Crippen molar-refractivity contribution in [3.05, 3.63) is 46.9 Å². The minimum atomic E-state index is -0.455. The van der Waals surface area contributed by atoms with E-state index in [2.05, 4.69) is 31.2 Å². The number of hydrogen-bond acceptors (Lipinski definition) is 9. The Labute approximate surface area is 282 Å². The number of aromatic nitrogens is 2. The van der Waals surface area contributed by atoms with Crippen LogP contribution in [0, 0.1) is 16.7 Å². The lowest BCUT2D eigenvalue weighted by atomic mass is 9.72. The van der Waals surface area contributed by atoms with E-state index in [9.17, 15) is 9.59 Å². The molecule has 1 N–H and O–H groups in total. The normalized spacial score (nSPS) is 23.5. The van der Waals surface area contributed by atoms with Crippen molar-refractivity contribution < 1.29 is 19.1 Å². The van der Waals surface area contributed by atoms with Crippen LogP contribution in [0.3, 0.4) is 0 Å². The molecule has 6 rings (SSSR count). The van der Waals surface area contributed by atoms with Gasteiger partial charge in [-0.05, 0) is 97.4 Å². The van der Waals surface area contributed by atoms with Crippen molar-refractivity contribution in [2.75, 3.05) is 44.2 Å². The van der Waals surface area contributed by atoms with Gasteiger partial charge in [-0.2, -0.15) is 5.26 Å². The van der Waals surface area contributed by atoms with E-state index >= 15 is 0 Å². The van der Waals surface area contributed by atoms with Crippen LogP contribution in [0.4, 0.5) is 10.6 Å². The standard InChI is InChI=1S/C35H46ClN7O4/c1-34(2,3)47-33(45)43-22-35(23-43)12-16-41(17-13-35)26-10-14-42(15-11-26)31-21-38-30(20-39-31)32(44)40-25-5-8-27(9-6-25)46-28-7-4-24(19-37)29(36)18-28/h4,7,18,20-21,25-27H,5-6,8-17,22-23H2,1-3H3,(H,40,44). The van der Waals surface area contributed by atoms with Crippen LogP contribution < -0.4 is 15.0 Å². The average Bonchev–Trinajstić information content (AvgIpc) is 3.04. The third kappa shape index (κ3) is 8.10. The van der Waals surface area contributed by atoms with E-state index in [0.717, 1.165) is 96.5 Å². The van der Waals surface area contributed by atoms with Crippen LogP contribution in [0.15, 0.2) is 30.6 Å². The maximum atomic E-state index is 12.9. The lowest BCUT2D eigenvalue weighted by Crippen LogP contribution is -2.63. The zero-order valence-corrected chi connectivity index (χ0v) is 28.5. The summed E-state index contributed by atoms with van der Waals surface area (Å²) in [5.74, 6) is 1.27. The highest BCUT2D eigenvalue weighted by Gasteiger charge is 2.48. The Morgan fingerprint density at radius 1 is 1.00 bits per heavy atom. The van der Waals surface area contributed by atoms with Gasteiger partial charge in [0, 0.05) is 49.7 Å². The van der Waals surface area contributed by atoms with Gasteiger partial charge in [-0.3, -0.25) is 4.79 Å². The molecule has 47 heavy (non-hydrogen) atoms. The van der Waals surface area contributed by atoms with Crippen molar-refractivity contribution >= 4 is 29.4 Å². The second-order valence-corrected chi connectivity index (χ2v) is 15.1. The molecule has 1 aromatic heterocycles. The van der Waals surface area contributed by atoms with Crippen LogP contribution >= 0.6 is 11.6 Å². The summed E-state index contributed by atoms with van der Waals surface area (Å²) in [7, 11) is 0. The SMILES string of the molecule is CC(C)(C)OC(=O)N1CC2(CCN(C3CCN(c4cnc(C(=O)NC5CCC(Oc6ccc(C#N)c(Cl)c6)CC5)cn4)CC3)CC2)C1.